The van der Waals surface area contributed by atoms with Crippen LogP contribution in [-0.4, -0.2) is 19.5 Å². The number of carbonyl (C=O) groups is 1. The summed E-state index contributed by atoms with van der Waals surface area (Å²) < 4.78 is 0. The molecule has 1 atom stereocenters. The lowest BCUT2D eigenvalue weighted by Crippen LogP contribution is -2.27. The van der Waals surface area contributed by atoms with E-state index in [9.17, 15) is 4.79 Å². The molecule has 1 rings (SSSR count). The van der Waals surface area contributed by atoms with Crippen molar-refractivity contribution in [3.05, 3.63) is 34.9 Å². The molecule has 0 heterocycles. The van der Waals surface area contributed by atoms with Crippen LogP contribution < -0.4 is 10.6 Å². The fraction of sp³-hybridized carbons (Fsp3) is 0.462. The van der Waals surface area contributed by atoms with E-state index in [4.69, 9.17) is 11.6 Å². The Morgan fingerprint density at radius 2 is 2.24 bits per heavy atom. The number of carbonyl (C=O) groups excluding carboxylic acids is 1. The number of amides is 1. The Morgan fingerprint density at radius 3 is 2.88 bits per heavy atom. The standard InChI is InChI=1S/C13H19ClN2O/c1-10(11-5-3-6-12(14)9-11)16-13(17)7-4-8-15-2/h3,5-6,9-10,15H,4,7-8H2,1-2H3,(H,16,17). The maximum Gasteiger partial charge on any atom is 0.220 e. The van der Waals surface area contributed by atoms with Gasteiger partial charge in [-0.15, -0.1) is 0 Å². The molecule has 4 heteroatoms. The third-order valence-corrected chi connectivity index (χ3v) is 2.79. The second-order valence-electron chi connectivity index (χ2n) is 4.05. The summed E-state index contributed by atoms with van der Waals surface area (Å²) in [6.07, 6.45) is 1.40. The summed E-state index contributed by atoms with van der Waals surface area (Å²) in [5.74, 6) is 0.0766. The van der Waals surface area contributed by atoms with Gasteiger partial charge in [0, 0.05) is 11.4 Å². The van der Waals surface area contributed by atoms with E-state index in [1.54, 1.807) is 0 Å². The Hall–Kier alpha value is -1.06. The minimum absolute atomic E-state index is 0.00390. The van der Waals surface area contributed by atoms with Gasteiger partial charge in [-0.3, -0.25) is 4.79 Å². The second kappa shape index (κ2) is 7.30. The third-order valence-electron chi connectivity index (χ3n) is 2.56. The van der Waals surface area contributed by atoms with Crippen molar-refractivity contribution in [2.75, 3.05) is 13.6 Å². The van der Waals surface area contributed by atoms with Crippen LogP contribution in [0.4, 0.5) is 0 Å². The molecule has 0 aliphatic rings. The average Bonchev–Trinajstić information content (AvgIpc) is 2.29. The third kappa shape index (κ3) is 5.20. The maximum absolute atomic E-state index is 11.6. The molecule has 94 valence electrons. The number of hydrogen-bond donors (Lipinski definition) is 2. The normalized spacial score (nSPS) is 12.2. The highest BCUT2D eigenvalue weighted by molar-refractivity contribution is 6.30. The molecule has 0 fully saturated rings. The van der Waals surface area contributed by atoms with Gasteiger partial charge in [-0.25, -0.2) is 0 Å². The molecule has 0 aliphatic heterocycles. The van der Waals surface area contributed by atoms with E-state index < -0.39 is 0 Å². The van der Waals surface area contributed by atoms with Crippen LogP contribution >= 0.6 is 11.6 Å². The van der Waals surface area contributed by atoms with Crippen LogP contribution in [0.1, 0.15) is 31.4 Å². The average molecular weight is 255 g/mol. The lowest BCUT2D eigenvalue weighted by molar-refractivity contribution is -0.121. The first-order valence-corrected chi connectivity index (χ1v) is 6.20. The summed E-state index contributed by atoms with van der Waals surface area (Å²) in [5, 5.41) is 6.67. The predicted octanol–water partition coefficient (Wildman–Crippen LogP) is 2.52. The molecular formula is C13H19ClN2O. The van der Waals surface area contributed by atoms with E-state index in [0.29, 0.717) is 11.4 Å². The number of nitrogens with one attached hydrogen (secondary N) is 2. The second-order valence-corrected chi connectivity index (χ2v) is 4.49. The van der Waals surface area contributed by atoms with Gasteiger partial charge in [0.15, 0.2) is 0 Å². The molecule has 1 aromatic carbocycles. The topological polar surface area (TPSA) is 41.1 Å². The van der Waals surface area contributed by atoms with Crippen LogP contribution in [-0.2, 0) is 4.79 Å². The smallest absolute Gasteiger partial charge is 0.220 e. The maximum atomic E-state index is 11.6. The fourth-order valence-electron chi connectivity index (χ4n) is 1.60. The molecule has 1 amide bonds. The largest absolute Gasteiger partial charge is 0.350 e. The molecule has 0 spiro atoms. The van der Waals surface area contributed by atoms with Crippen LogP contribution in [0.15, 0.2) is 24.3 Å². The van der Waals surface area contributed by atoms with Crippen LogP contribution in [0.25, 0.3) is 0 Å². The Labute approximate surface area is 108 Å². The Morgan fingerprint density at radius 1 is 1.47 bits per heavy atom. The Balaban J connectivity index is 2.43. The Bertz CT molecular complexity index is 368. The fourth-order valence-corrected chi connectivity index (χ4v) is 1.80. The van der Waals surface area contributed by atoms with Gasteiger partial charge in [-0.1, -0.05) is 23.7 Å². The molecule has 0 aromatic heterocycles. The molecule has 0 bridgehead atoms. The van der Waals surface area contributed by atoms with Crippen molar-refractivity contribution in [2.24, 2.45) is 0 Å². The summed E-state index contributed by atoms with van der Waals surface area (Å²) in [6, 6.07) is 7.55. The summed E-state index contributed by atoms with van der Waals surface area (Å²) in [6.45, 7) is 2.82. The molecule has 17 heavy (non-hydrogen) atoms. The van der Waals surface area contributed by atoms with Crippen molar-refractivity contribution in [3.63, 3.8) is 0 Å². The summed E-state index contributed by atoms with van der Waals surface area (Å²) in [5.41, 5.74) is 1.03. The molecule has 0 saturated heterocycles. The van der Waals surface area contributed by atoms with E-state index >= 15 is 0 Å². The zero-order valence-corrected chi connectivity index (χ0v) is 11.1. The van der Waals surface area contributed by atoms with Gasteiger partial charge < -0.3 is 10.6 Å². The first-order valence-electron chi connectivity index (χ1n) is 5.83. The lowest BCUT2D eigenvalue weighted by Gasteiger charge is -2.14. The number of halogens is 1. The first-order chi connectivity index (χ1) is 8.13. The number of hydrogen-bond acceptors (Lipinski definition) is 2. The summed E-state index contributed by atoms with van der Waals surface area (Å²) in [4.78, 5) is 11.6. The van der Waals surface area contributed by atoms with Crippen LogP contribution in [0.2, 0.25) is 5.02 Å². The van der Waals surface area contributed by atoms with Crippen LogP contribution in [0.5, 0.6) is 0 Å². The van der Waals surface area contributed by atoms with Crippen LogP contribution in [0.3, 0.4) is 0 Å². The SMILES string of the molecule is CNCCCC(=O)NC(C)c1cccc(Cl)c1. The van der Waals surface area contributed by atoms with E-state index in [1.165, 1.54) is 0 Å². The van der Waals surface area contributed by atoms with Gasteiger partial charge in [0.1, 0.15) is 0 Å². The number of benzene rings is 1. The van der Waals surface area contributed by atoms with Gasteiger partial charge in [0.05, 0.1) is 6.04 Å². The van der Waals surface area contributed by atoms with Gasteiger partial charge in [0.25, 0.3) is 0 Å². The predicted molar refractivity (Wildman–Crippen MR) is 71.2 cm³/mol. The lowest BCUT2D eigenvalue weighted by atomic mass is 10.1. The van der Waals surface area contributed by atoms with Crippen molar-refractivity contribution >= 4 is 17.5 Å². The zero-order chi connectivity index (χ0) is 12.7. The van der Waals surface area contributed by atoms with E-state index in [2.05, 4.69) is 10.6 Å². The molecule has 0 saturated carbocycles. The molecular weight excluding hydrogens is 236 g/mol. The quantitative estimate of drug-likeness (QED) is 0.766. The summed E-state index contributed by atoms with van der Waals surface area (Å²) >= 11 is 5.91. The van der Waals surface area contributed by atoms with Crippen molar-refractivity contribution in [3.8, 4) is 0 Å². The highest BCUT2D eigenvalue weighted by Crippen LogP contribution is 2.17. The van der Waals surface area contributed by atoms with Gasteiger partial charge in [-0.05, 0) is 44.6 Å². The molecule has 2 N–H and O–H groups in total. The van der Waals surface area contributed by atoms with Gasteiger partial charge >= 0.3 is 0 Å². The van der Waals surface area contributed by atoms with E-state index in [1.807, 2.05) is 38.2 Å². The van der Waals surface area contributed by atoms with E-state index in [-0.39, 0.29) is 11.9 Å². The number of rotatable bonds is 6. The highest BCUT2D eigenvalue weighted by Gasteiger charge is 2.09. The van der Waals surface area contributed by atoms with Crippen molar-refractivity contribution in [1.29, 1.82) is 0 Å². The minimum Gasteiger partial charge on any atom is -0.350 e. The molecule has 1 aromatic rings. The first kappa shape index (κ1) is 14.0. The zero-order valence-electron chi connectivity index (χ0n) is 10.3. The van der Waals surface area contributed by atoms with Crippen molar-refractivity contribution < 1.29 is 4.79 Å². The molecule has 1 unspecified atom stereocenters. The molecule has 0 aliphatic carbocycles. The minimum atomic E-state index is -0.00390. The Kier molecular flexibility index (Phi) is 6.01. The van der Waals surface area contributed by atoms with Gasteiger partial charge in [0.2, 0.25) is 5.91 Å². The van der Waals surface area contributed by atoms with Crippen molar-refractivity contribution in [2.45, 2.75) is 25.8 Å². The highest BCUT2D eigenvalue weighted by atomic mass is 35.5. The van der Waals surface area contributed by atoms with Gasteiger partial charge in [-0.2, -0.15) is 0 Å². The van der Waals surface area contributed by atoms with Crippen LogP contribution in [0, 0.1) is 0 Å². The van der Waals surface area contributed by atoms with E-state index in [0.717, 1.165) is 18.5 Å². The molecule has 3 nitrogen and oxygen atoms in total. The summed E-state index contributed by atoms with van der Waals surface area (Å²) in [7, 11) is 1.88. The van der Waals surface area contributed by atoms with Crippen molar-refractivity contribution in [1.82, 2.24) is 10.6 Å². The molecule has 0 radical (unpaired) electrons. The monoisotopic (exact) mass is 254 g/mol.